The van der Waals surface area contributed by atoms with E-state index >= 15 is 0 Å². The lowest BCUT2D eigenvalue weighted by Gasteiger charge is -2.15. The Bertz CT molecular complexity index is 368. The lowest BCUT2D eigenvalue weighted by molar-refractivity contribution is 0.162. The van der Waals surface area contributed by atoms with Crippen molar-refractivity contribution in [2.24, 2.45) is 0 Å². The van der Waals surface area contributed by atoms with Crippen LogP contribution in [-0.4, -0.2) is 5.11 Å². The van der Waals surface area contributed by atoms with E-state index in [1.165, 1.54) is 56.1 Å². The molecule has 1 N–H and O–H groups in total. The maximum absolute atomic E-state index is 10.4. The minimum absolute atomic E-state index is 0.247. The molecular formula is C18H28O. The first kappa shape index (κ1) is 14.6. The van der Waals surface area contributed by atoms with Crippen molar-refractivity contribution in [2.45, 2.75) is 76.7 Å². The fourth-order valence-electron chi connectivity index (χ4n) is 2.85. The highest BCUT2D eigenvalue weighted by Crippen LogP contribution is 2.43. The molecule has 0 aliphatic heterocycles. The normalized spacial score (nSPS) is 16.5. The van der Waals surface area contributed by atoms with Gasteiger partial charge in [-0.1, -0.05) is 69.7 Å². The molecule has 0 saturated heterocycles. The van der Waals surface area contributed by atoms with Crippen LogP contribution < -0.4 is 0 Å². The molecule has 1 saturated carbocycles. The summed E-state index contributed by atoms with van der Waals surface area (Å²) in [5.74, 6) is 0.732. The Morgan fingerprint density at radius 1 is 1.05 bits per heavy atom. The van der Waals surface area contributed by atoms with Crippen LogP contribution in [0, 0.1) is 0 Å². The van der Waals surface area contributed by atoms with E-state index in [1.54, 1.807) is 0 Å². The van der Waals surface area contributed by atoms with Gasteiger partial charge in [-0.15, -0.1) is 0 Å². The van der Waals surface area contributed by atoms with Gasteiger partial charge in [0, 0.05) is 0 Å². The van der Waals surface area contributed by atoms with E-state index in [-0.39, 0.29) is 6.10 Å². The molecule has 1 heteroatoms. The second-order valence-corrected chi connectivity index (χ2v) is 5.98. The summed E-state index contributed by atoms with van der Waals surface area (Å²) in [6, 6.07) is 8.49. The van der Waals surface area contributed by atoms with Gasteiger partial charge in [0.25, 0.3) is 0 Å². The van der Waals surface area contributed by atoms with Gasteiger partial charge in [0.15, 0.2) is 0 Å². The summed E-state index contributed by atoms with van der Waals surface area (Å²) in [6.07, 6.45) is 11.0. The van der Waals surface area contributed by atoms with Gasteiger partial charge in [0.2, 0.25) is 0 Å². The van der Waals surface area contributed by atoms with Crippen molar-refractivity contribution in [1.29, 1.82) is 0 Å². The third kappa shape index (κ3) is 4.65. The predicted molar refractivity (Wildman–Crippen MR) is 81.4 cm³/mol. The standard InChI is InChI=1S/C18H28O/c1-2-3-4-5-6-7-12-18(19)17-11-9-8-10-16(17)15-13-14-15/h8-11,15,18-19H,2-7,12-14H2,1H3. The summed E-state index contributed by atoms with van der Waals surface area (Å²) in [6.45, 7) is 2.25. The van der Waals surface area contributed by atoms with Crippen LogP contribution in [0.4, 0.5) is 0 Å². The molecule has 1 unspecified atom stereocenters. The van der Waals surface area contributed by atoms with Gasteiger partial charge in [-0.05, 0) is 36.3 Å². The van der Waals surface area contributed by atoms with Gasteiger partial charge in [0.1, 0.15) is 0 Å². The molecule has 1 nitrogen and oxygen atoms in total. The lowest BCUT2D eigenvalue weighted by Crippen LogP contribution is -2.01. The molecule has 1 fully saturated rings. The number of hydrogen-bond donors (Lipinski definition) is 1. The quantitative estimate of drug-likeness (QED) is 0.593. The minimum Gasteiger partial charge on any atom is -0.388 e. The van der Waals surface area contributed by atoms with Crippen molar-refractivity contribution in [1.82, 2.24) is 0 Å². The van der Waals surface area contributed by atoms with E-state index in [0.717, 1.165) is 18.8 Å². The highest BCUT2D eigenvalue weighted by Gasteiger charge is 2.27. The van der Waals surface area contributed by atoms with E-state index < -0.39 is 0 Å². The molecule has 0 heterocycles. The van der Waals surface area contributed by atoms with Crippen molar-refractivity contribution in [3.05, 3.63) is 35.4 Å². The van der Waals surface area contributed by atoms with Crippen molar-refractivity contribution in [3.63, 3.8) is 0 Å². The van der Waals surface area contributed by atoms with Crippen LogP contribution in [0.1, 0.15) is 87.9 Å². The maximum atomic E-state index is 10.4. The van der Waals surface area contributed by atoms with Crippen LogP contribution in [0.5, 0.6) is 0 Å². The molecule has 2 rings (SSSR count). The molecule has 19 heavy (non-hydrogen) atoms. The van der Waals surface area contributed by atoms with Crippen molar-refractivity contribution in [3.8, 4) is 0 Å². The number of rotatable bonds is 9. The van der Waals surface area contributed by atoms with Gasteiger partial charge >= 0.3 is 0 Å². The second kappa shape index (κ2) is 7.69. The number of aliphatic hydroxyl groups excluding tert-OH is 1. The van der Waals surface area contributed by atoms with Gasteiger partial charge in [-0.3, -0.25) is 0 Å². The minimum atomic E-state index is -0.247. The van der Waals surface area contributed by atoms with Gasteiger partial charge < -0.3 is 5.11 Å². The van der Waals surface area contributed by atoms with Gasteiger partial charge in [0.05, 0.1) is 6.10 Å². The molecule has 0 aromatic heterocycles. The van der Waals surface area contributed by atoms with Crippen LogP contribution in [-0.2, 0) is 0 Å². The monoisotopic (exact) mass is 260 g/mol. The van der Waals surface area contributed by atoms with Crippen LogP contribution in [0.3, 0.4) is 0 Å². The largest absolute Gasteiger partial charge is 0.388 e. The summed E-state index contributed by atoms with van der Waals surface area (Å²) in [7, 11) is 0. The first-order valence-electron chi connectivity index (χ1n) is 8.09. The first-order valence-corrected chi connectivity index (χ1v) is 8.09. The Balaban J connectivity index is 1.75. The number of benzene rings is 1. The average Bonchev–Trinajstić information content (AvgIpc) is 3.27. The number of hydrogen-bond acceptors (Lipinski definition) is 1. The molecule has 0 spiro atoms. The molecule has 1 atom stereocenters. The fraction of sp³-hybridized carbons (Fsp3) is 0.667. The zero-order chi connectivity index (χ0) is 13.5. The molecule has 106 valence electrons. The third-order valence-electron chi connectivity index (χ3n) is 4.20. The molecule has 1 aromatic rings. The Morgan fingerprint density at radius 2 is 1.74 bits per heavy atom. The molecule has 1 aliphatic carbocycles. The summed E-state index contributed by atoms with van der Waals surface area (Å²) < 4.78 is 0. The Morgan fingerprint density at radius 3 is 2.47 bits per heavy atom. The summed E-state index contributed by atoms with van der Waals surface area (Å²) in [4.78, 5) is 0. The van der Waals surface area contributed by atoms with Crippen LogP contribution in [0.2, 0.25) is 0 Å². The zero-order valence-corrected chi connectivity index (χ0v) is 12.3. The van der Waals surface area contributed by atoms with Crippen LogP contribution >= 0.6 is 0 Å². The fourth-order valence-corrected chi connectivity index (χ4v) is 2.85. The Kier molecular flexibility index (Phi) is 5.91. The number of unbranched alkanes of at least 4 members (excludes halogenated alkanes) is 5. The van der Waals surface area contributed by atoms with Crippen LogP contribution in [0.15, 0.2) is 24.3 Å². The van der Waals surface area contributed by atoms with Crippen molar-refractivity contribution < 1.29 is 5.11 Å². The number of aliphatic hydroxyl groups is 1. The van der Waals surface area contributed by atoms with Crippen LogP contribution in [0.25, 0.3) is 0 Å². The Hall–Kier alpha value is -0.820. The molecule has 0 bridgehead atoms. The van der Waals surface area contributed by atoms with E-state index in [4.69, 9.17) is 0 Å². The molecule has 0 amide bonds. The molecular weight excluding hydrogens is 232 g/mol. The maximum Gasteiger partial charge on any atom is 0.0792 e. The van der Waals surface area contributed by atoms with Gasteiger partial charge in [-0.25, -0.2) is 0 Å². The van der Waals surface area contributed by atoms with Crippen molar-refractivity contribution in [2.75, 3.05) is 0 Å². The lowest BCUT2D eigenvalue weighted by atomic mass is 9.95. The third-order valence-corrected chi connectivity index (χ3v) is 4.20. The second-order valence-electron chi connectivity index (χ2n) is 5.98. The topological polar surface area (TPSA) is 20.2 Å². The van der Waals surface area contributed by atoms with E-state index in [2.05, 4.69) is 31.2 Å². The van der Waals surface area contributed by atoms with E-state index in [1.807, 2.05) is 0 Å². The first-order chi connectivity index (χ1) is 9.33. The van der Waals surface area contributed by atoms with Crippen molar-refractivity contribution >= 4 is 0 Å². The zero-order valence-electron chi connectivity index (χ0n) is 12.3. The average molecular weight is 260 g/mol. The smallest absolute Gasteiger partial charge is 0.0792 e. The summed E-state index contributed by atoms with van der Waals surface area (Å²) >= 11 is 0. The highest BCUT2D eigenvalue weighted by atomic mass is 16.3. The summed E-state index contributed by atoms with van der Waals surface area (Å²) in [5.41, 5.74) is 2.60. The highest BCUT2D eigenvalue weighted by molar-refractivity contribution is 5.34. The molecule has 1 aliphatic rings. The molecule has 0 radical (unpaired) electrons. The molecule has 1 aromatic carbocycles. The summed E-state index contributed by atoms with van der Waals surface area (Å²) in [5, 5.41) is 10.4. The Labute approximate surface area is 118 Å². The van der Waals surface area contributed by atoms with Gasteiger partial charge in [-0.2, -0.15) is 0 Å². The predicted octanol–water partition coefficient (Wildman–Crippen LogP) is 5.35. The van der Waals surface area contributed by atoms with E-state index in [9.17, 15) is 5.11 Å². The van der Waals surface area contributed by atoms with E-state index in [0.29, 0.717) is 0 Å². The SMILES string of the molecule is CCCCCCCCC(O)c1ccccc1C1CC1.